The molecule has 2 aromatic rings. The maximum Gasteiger partial charge on any atom is 0.339 e. The van der Waals surface area contributed by atoms with Gasteiger partial charge in [0.1, 0.15) is 17.1 Å². The SMILES string of the molecule is Cc1ccc(Cc2ncc(C(=O)O)c(C(F)F)n2)cc1. The molecule has 2 rings (SSSR count). The molecule has 0 unspecified atom stereocenters. The molecule has 0 aliphatic rings. The zero-order valence-electron chi connectivity index (χ0n) is 10.7. The maximum atomic E-state index is 12.8. The van der Waals surface area contributed by atoms with E-state index in [0.29, 0.717) is 0 Å². The summed E-state index contributed by atoms with van der Waals surface area (Å²) in [7, 11) is 0. The van der Waals surface area contributed by atoms with E-state index in [0.717, 1.165) is 17.3 Å². The van der Waals surface area contributed by atoms with E-state index in [1.807, 2.05) is 31.2 Å². The Hall–Kier alpha value is -2.37. The van der Waals surface area contributed by atoms with E-state index in [9.17, 15) is 13.6 Å². The molecule has 1 N–H and O–H groups in total. The number of halogens is 2. The van der Waals surface area contributed by atoms with Crippen LogP contribution in [0.25, 0.3) is 0 Å². The van der Waals surface area contributed by atoms with E-state index in [1.54, 1.807) is 0 Å². The van der Waals surface area contributed by atoms with Gasteiger partial charge in [0.15, 0.2) is 0 Å². The highest BCUT2D eigenvalue weighted by molar-refractivity contribution is 5.88. The number of aryl methyl sites for hydroxylation is 1. The lowest BCUT2D eigenvalue weighted by Crippen LogP contribution is -2.09. The van der Waals surface area contributed by atoms with Crippen molar-refractivity contribution in [2.24, 2.45) is 0 Å². The molecule has 1 heterocycles. The second-order valence-electron chi connectivity index (χ2n) is 4.35. The Bertz CT molecular complexity index is 628. The lowest BCUT2D eigenvalue weighted by atomic mass is 10.1. The Morgan fingerprint density at radius 3 is 2.50 bits per heavy atom. The van der Waals surface area contributed by atoms with E-state index >= 15 is 0 Å². The quantitative estimate of drug-likeness (QED) is 0.933. The minimum atomic E-state index is -2.94. The predicted octanol–water partition coefficient (Wildman–Crippen LogP) is 3.01. The third kappa shape index (κ3) is 3.14. The highest BCUT2D eigenvalue weighted by atomic mass is 19.3. The number of hydrogen-bond acceptors (Lipinski definition) is 3. The van der Waals surface area contributed by atoms with E-state index in [2.05, 4.69) is 9.97 Å². The highest BCUT2D eigenvalue weighted by Crippen LogP contribution is 2.21. The molecule has 0 radical (unpaired) electrons. The van der Waals surface area contributed by atoms with Crippen molar-refractivity contribution in [1.82, 2.24) is 9.97 Å². The van der Waals surface area contributed by atoms with Gasteiger partial charge in [0, 0.05) is 12.6 Å². The van der Waals surface area contributed by atoms with E-state index in [1.165, 1.54) is 0 Å². The molecule has 0 fully saturated rings. The van der Waals surface area contributed by atoms with Crippen molar-refractivity contribution < 1.29 is 18.7 Å². The smallest absolute Gasteiger partial charge is 0.339 e. The standard InChI is InChI=1S/C14H12F2N2O2/c1-8-2-4-9(5-3-8)6-11-17-7-10(14(19)20)12(18-11)13(15)16/h2-5,7,13H,6H2,1H3,(H,19,20). The number of aromatic nitrogens is 2. The summed E-state index contributed by atoms with van der Waals surface area (Å²) in [5, 5.41) is 8.81. The van der Waals surface area contributed by atoms with Gasteiger partial charge in [-0.25, -0.2) is 23.5 Å². The summed E-state index contributed by atoms with van der Waals surface area (Å²) in [5.41, 5.74) is 0.658. The monoisotopic (exact) mass is 278 g/mol. The van der Waals surface area contributed by atoms with Gasteiger partial charge in [0.2, 0.25) is 0 Å². The number of rotatable bonds is 4. The van der Waals surface area contributed by atoms with Crippen LogP contribution in [0.2, 0.25) is 0 Å². The first-order valence-electron chi connectivity index (χ1n) is 5.90. The topological polar surface area (TPSA) is 63.1 Å². The Morgan fingerprint density at radius 1 is 1.30 bits per heavy atom. The molecule has 104 valence electrons. The Balaban J connectivity index is 2.31. The summed E-state index contributed by atoms with van der Waals surface area (Å²) in [6, 6.07) is 7.50. The highest BCUT2D eigenvalue weighted by Gasteiger charge is 2.21. The van der Waals surface area contributed by atoms with Gasteiger partial charge in [0.25, 0.3) is 6.43 Å². The summed E-state index contributed by atoms with van der Waals surface area (Å²) in [6.45, 7) is 1.94. The fraction of sp³-hybridized carbons (Fsp3) is 0.214. The fourth-order valence-corrected chi connectivity index (χ4v) is 1.74. The van der Waals surface area contributed by atoms with E-state index < -0.39 is 23.7 Å². The van der Waals surface area contributed by atoms with E-state index in [-0.39, 0.29) is 12.2 Å². The van der Waals surface area contributed by atoms with E-state index in [4.69, 9.17) is 5.11 Å². The molecule has 4 nitrogen and oxygen atoms in total. The number of nitrogens with zero attached hydrogens (tertiary/aromatic N) is 2. The van der Waals surface area contributed by atoms with Crippen LogP contribution in [-0.4, -0.2) is 21.0 Å². The Labute approximate surface area is 114 Å². The normalized spacial score (nSPS) is 10.8. The van der Waals surface area contributed by atoms with Gasteiger partial charge in [-0.15, -0.1) is 0 Å². The van der Waals surface area contributed by atoms with Crippen LogP contribution in [0.3, 0.4) is 0 Å². The molecule has 0 spiro atoms. The Morgan fingerprint density at radius 2 is 1.95 bits per heavy atom. The summed E-state index contributed by atoms with van der Waals surface area (Å²) in [5.74, 6) is -1.28. The number of alkyl halides is 2. The van der Waals surface area contributed by atoms with Crippen LogP contribution in [0.5, 0.6) is 0 Å². The van der Waals surface area contributed by atoms with Crippen molar-refractivity contribution in [2.75, 3.05) is 0 Å². The first kappa shape index (κ1) is 14.0. The molecule has 0 atom stereocenters. The number of carboxylic acid groups (broad SMARTS) is 1. The fourth-order valence-electron chi connectivity index (χ4n) is 1.74. The van der Waals surface area contributed by atoms with Gasteiger partial charge in [-0.3, -0.25) is 0 Å². The molecule has 0 saturated heterocycles. The summed E-state index contributed by atoms with van der Waals surface area (Å²) in [4.78, 5) is 18.3. The average molecular weight is 278 g/mol. The third-order valence-corrected chi connectivity index (χ3v) is 2.79. The number of benzene rings is 1. The minimum Gasteiger partial charge on any atom is -0.478 e. The van der Waals surface area contributed by atoms with Gasteiger partial charge < -0.3 is 5.11 Å². The van der Waals surface area contributed by atoms with Gasteiger partial charge in [-0.05, 0) is 12.5 Å². The number of aromatic carboxylic acids is 1. The number of carboxylic acids is 1. The largest absolute Gasteiger partial charge is 0.478 e. The number of hydrogen-bond donors (Lipinski definition) is 1. The molecule has 0 amide bonds. The molecule has 0 bridgehead atoms. The van der Waals surface area contributed by atoms with Crippen LogP contribution in [-0.2, 0) is 6.42 Å². The van der Waals surface area contributed by atoms with Crippen molar-refractivity contribution in [3.8, 4) is 0 Å². The maximum absolute atomic E-state index is 12.8. The van der Waals surface area contributed by atoms with Crippen LogP contribution in [0.15, 0.2) is 30.5 Å². The van der Waals surface area contributed by atoms with Crippen LogP contribution < -0.4 is 0 Å². The van der Waals surface area contributed by atoms with Gasteiger partial charge in [-0.2, -0.15) is 0 Å². The third-order valence-electron chi connectivity index (χ3n) is 2.79. The molecule has 0 aliphatic heterocycles. The first-order valence-corrected chi connectivity index (χ1v) is 5.90. The van der Waals surface area contributed by atoms with Crippen molar-refractivity contribution in [3.05, 3.63) is 58.7 Å². The average Bonchev–Trinajstić information content (AvgIpc) is 2.41. The summed E-state index contributed by atoms with van der Waals surface area (Å²) >= 11 is 0. The van der Waals surface area contributed by atoms with Crippen LogP contribution in [0.4, 0.5) is 8.78 Å². The molecular weight excluding hydrogens is 266 g/mol. The van der Waals surface area contributed by atoms with Crippen LogP contribution >= 0.6 is 0 Å². The van der Waals surface area contributed by atoms with Crippen molar-refractivity contribution in [1.29, 1.82) is 0 Å². The molecular formula is C14H12F2N2O2. The zero-order chi connectivity index (χ0) is 14.7. The second kappa shape index (κ2) is 5.73. The lowest BCUT2D eigenvalue weighted by molar-refractivity contribution is 0.0681. The van der Waals surface area contributed by atoms with Gasteiger partial charge in [0.05, 0.1) is 0 Å². The second-order valence-corrected chi connectivity index (χ2v) is 4.35. The van der Waals surface area contributed by atoms with Gasteiger partial charge in [-0.1, -0.05) is 29.8 Å². The minimum absolute atomic E-state index is 0.175. The molecule has 1 aromatic carbocycles. The summed E-state index contributed by atoms with van der Waals surface area (Å²) in [6.07, 6.45) is -1.74. The molecule has 0 aliphatic carbocycles. The van der Waals surface area contributed by atoms with Crippen LogP contribution in [0, 0.1) is 6.92 Å². The molecule has 20 heavy (non-hydrogen) atoms. The predicted molar refractivity (Wildman–Crippen MR) is 67.9 cm³/mol. The Kier molecular flexibility index (Phi) is 4.02. The molecule has 0 saturated carbocycles. The zero-order valence-corrected chi connectivity index (χ0v) is 10.7. The molecule has 6 heteroatoms. The molecule has 1 aromatic heterocycles. The summed E-state index contributed by atoms with van der Waals surface area (Å²) < 4.78 is 25.6. The first-order chi connectivity index (χ1) is 9.47. The van der Waals surface area contributed by atoms with Crippen LogP contribution in [0.1, 0.15) is 39.4 Å². The van der Waals surface area contributed by atoms with Crippen molar-refractivity contribution in [2.45, 2.75) is 19.8 Å². The van der Waals surface area contributed by atoms with Gasteiger partial charge >= 0.3 is 5.97 Å². The lowest BCUT2D eigenvalue weighted by Gasteiger charge is -2.07. The van der Waals surface area contributed by atoms with Crippen molar-refractivity contribution in [3.63, 3.8) is 0 Å². The number of carbonyl (C=O) groups is 1. The van der Waals surface area contributed by atoms with Crippen molar-refractivity contribution >= 4 is 5.97 Å².